The van der Waals surface area contributed by atoms with Gasteiger partial charge in [0, 0.05) is 29.8 Å². The minimum absolute atomic E-state index is 0.131. The van der Waals surface area contributed by atoms with Gasteiger partial charge in [-0.25, -0.2) is 8.42 Å². The van der Waals surface area contributed by atoms with Crippen LogP contribution < -0.4 is 0 Å². The van der Waals surface area contributed by atoms with Crippen LogP contribution in [0.1, 0.15) is 16.8 Å². The summed E-state index contributed by atoms with van der Waals surface area (Å²) in [7, 11) is 3.38. The third kappa shape index (κ3) is 2.76. The maximum atomic E-state index is 11.3. The fourth-order valence-corrected chi connectivity index (χ4v) is 3.01. The van der Waals surface area contributed by atoms with Gasteiger partial charge in [-0.1, -0.05) is 29.8 Å². The maximum absolute atomic E-state index is 11.3. The van der Waals surface area contributed by atoms with Crippen LogP contribution in [0.25, 0.3) is 0 Å². The molecule has 96 valence electrons. The summed E-state index contributed by atoms with van der Waals surface area (Å²) in [6, 6.07) is 11.5. The molecular weight excluding hydrogens is 270 g/mol. The molecule has 0 saturated heterocycles. The van der Waals surface area contributed by atoms with Crippen molar-refractivity contribution in [2.24, 2.45) is 7.05 Å². The minimum Gasteiger partial charge on any atom is -0.338 e. The van der Waals surface area contributed by atoms with Crippen LogP contribution in [0.2, 0.25) is 0 Å². The van der Waals surface area contributed by atoms with Crippen molar-refractivity contribution in [2.75, 3.05) is 0 Å². The first-order valence-corrected chi connectivity index (χ1v) is 7.83. The Hall–Kier alpha value is -1.26. The topological polar surface area (TPSA) is 39.1 Å². The smallest absolute Gasteiger partial charge is 0.276 e. The molecule has 2 rings (SSSR count). The van der Waals surface area contributed by atoms with Gasteiger partial charge in [-0.15, -0.1) is 0 Å². The Bertz CT molecular complexity index is 657. The minimum atomic E-state index is -3.68. The number of rotatable bonds is 3. The molecule has 0 aliphatic heterocycles. The zero-order valence-electron chi connectivity index (χ0n) is 10.2. The van der Waals surface area contributed by atoms with Crippen LogP contribution in [-0.4, -0.2) is 13.0 Å². The van der Waals surface area contributed by atoms with E-state index in [9.17, 15) is 8.42 Å². The third-order valence-corrected chi connectivity index (χ3v) is 4.32. The first-order chi connectivity index (χ1) is 8.38. The molecule has 3 nitrogen and oxygen atoms in total. The molecule has 5 heteroatoms. The first kappa shape index (κ1) is 13.2. The summed E-state index contributed by atoms with van der Waals surface area (Å²) < 4.78 is 24.2. The lowest BCUT2D eigenvalue weighted by atomic mass is 10.1. The van der Waals surface area contributed by atoms with E-state index in [1.807, 2.05) is 31.2 Å². The maximum Gasteiger partial charge on any atom is 0.276 e. The van der Waals surface area contributed by atoms with Gasteiger partial charge in [0.2, 0.25) is 0 Å². The molecule has 0 amide bonds. The summed E-state index contributed by atoms with van der Waals surface area (Å²) in [5.41, 5.74) is 3.26. The summed E-state index contributed by atoms with van der Waals surface area (Å²) in [5, 5.41) is 0.131. The third-order valence-electron chi connectivity index (χ3n) is 2.94. The second kappa shape index (κ2) is 4.78. The highest BCUT2D eigenvalue weighted by atomic mass is 35.7. The summed E-state index contributed by atoms with van der Waals surface area (Å²) in [4.78, 5) is 0. The summed E-state index contributed by atoms with van der Waals surface area (Å²) in [6.45, 7) is 2.03. The lowest BCUT2D eigenvalue weighted by Gasteiger charge is -2.06. The molecular formula is C13H14ClNO2S. The van der Waals surface area contributed by atoms with Crippen LogP contribution in [0.3, 0.4) is 0 Å². The van der Waals surface area contributed by atoms with E-state index in [4.69, 9.17) is 10.7 Å². The van der Waals surface area contributed by atoms with Crippen molar-refractivity contribution in [1.82, 2.24) is 4.57 Å². The predicted molar refractivity (Wildman–Crippen MR) is 72.4 cm³/mol. The van der Waals surface area contributed by atoms with Crippen molar-refractivity contribution in [2.45, 2.75) is 18.4 Å². The molecule has 0 aliphatic rings. The average Bonchev–Trinajstić information content (AvgIpc) is 2.63. The highest BCUT2D eigenvalue weighted by Gasteiger charge is 2.16. The second-order valence-electron chi connectivity index (χ2n) is 4.32. The molecule has 0 spiro atoms. The summed E-state index contributed by atoms with van der Waals surface area (Å²) in [6.07, 6.45) is 0.684. The average molecular weight is 284 g/mol. The number of aromatic nitrogens is 1. The van der Waals surface area contributed by atoms with Gasteiger partial charge in [-0.2, -0.15) is 0 Å². The van der Waals surface area contributed by atoms with Gasteiger partial charge in [0.25, 0.3) is 9.05 Å². The summed E-state index contributed by atoms with van der Waals surface area (Å²) >= 11 is 0. The zero-order chi connectivity index (χ0) is 13.3. The molecule has 1 heterocycles. The molecule has 0 fully saturated rings. The highest BCUT2D eigenvalue weighted by Crippen LogP contribution is 2.19. The van der Waals surface area contributed by atoms with Crippen molar-refractivity contribution < 1.29 is 8.42 Å². The molecule has 18 heavy (non-hydrogen) atoms. The van der Waals surface area contributed by atoms with Gasteiger partial charge in [0.1, 0.15) is 0 Å². The molecule has 0 unspecified atom stereocenters. The fraction of sp³-hybridized carbons (Fsp3) is 0.231. The standard InChI is InChI=1S/C13H14ClNO2S/c1-10-3-5-11(6-4-10)9-12-7-8-13(15(12)2)18(14,16)17/h3-8H,9H2,1-2H3. The normalized spacial score (nSPS) is 11.7. The Morgan fingerprint density at radius 3 is 2.22 bits per heavy atom. The van der Waals surface area contributed by atoms with E-state index >= 15 is 0 Å². The number of hydrogen-bond acceptors (Lipinski definition) is 2. The Labute approximate surface area is 111 Å². The van der Waals surface area contributed by atoms with E-state index in [-0.39, 0.29) is 5.03 Å². The van der Waals surface area contributed by atoms with E-state index in [0.29, 0.717) is 6.42 Å². The SMILES string of the molecule is Cc1ccc(Cc2ccc(S(=O)(=O)Cl)n2C)cc1. The van der Waals surface area contributed by atoms with Crippen molar-refractivity contribution in [3.63, 3.8) is 0 Å². The number of benzene rings is 1. The largest absolute Gasteiger partial charge is 0.338 e. The van der Waals surface area contributed by atoms with Crippen molar-refractivity contribution in [3.8, 4) is 0 Å². The van der Waals surface area contributed by atoms with E-state index in [2.05, 4.69) is 0 Å². The Morgan fingerprint density at radius 2 is 1.72 bits per heavy atom. The van der Waals surface area contributed by atoms with Gasteiger partial charge >= 0.3 is 0 Å². The zero-order valence-corrected chi connectivity index (χ0v) is 11.8. The molecule has 0 bridgehead atoms. The monoisotopic (exact) mass is 283 g/mol. The van der Waals surface area contributed by atoms with Crippen LogP contribution in [0, 0.1) is 6.92 Å². The van der Waals surface area contributed by atoms with E-state index < -0.39 is 9.05 Å². The quantitative estimate of drug-likeness (QED) is 0.813. The summed E-state index contributed by atoms with van der Waals surface area (Å²) in [5.74, 6) is 0. The fourth-order valence-electron chi connectivity index (χ4n) is 1.87. The molecule has 0 atom stereocenters. The van der Waals surface area contributed by atoms with Crippen LogP contribution in [0.4, 0.5) is 0 Å². The first-order valence-electron chi connectivity index (χ1n) is 5.53. The van der Waals surface area contributed by atoms with Crippen molar-refractivity contribution in [1.29, 1.82) is 0 Å². The second-order valence-corrected chi connectivity index (χ2v) is 6.83. The highest BCUT2D eigenvalue weighted by molar-refractivity contribution is 8.13. The van der Waals surface area contributed by atoms with Gasteiger partial charge in [0.05, 0.1) is 0 Å². The number of aryl methyl sites for hydroxylation is 1. The molecule has 0 saturated carbocycles. The van der Waals surface area contributed by atoms with E-state index in [1.54, 1.807) is 17.7 Å². The molecule has 1 aromatic heterocycles. The Morgan fingerprint density at radius 1 is 1.11 bits per heavy atom. The van der Waals surface area contributed by atoms with Gasteiger partial charge < -0.3 is 4.57 Å². The molecule has 1 aromatic carbocycles. The molecule has 0 N–H and O–H groups in total. The van der Waals surface area contributed by atoms with Gasteiger partial charge in [0.15, 0.2) is 5.03 Å². The van der Waals surface area contributed by atoms with Crippen molar-refractivity contribution in [3.05, 3.63) is 53.2 Å². The predicted octanol–water partition coefficient (Wildman–Crippen LogP) is 2.85. The van der Waals surface area contributed by atoms with Crippen LogP contribution in [0.15, 0.2) is 41.4 Å². The van der Waals surface area contributed by atoms with Gasteiger partial charge in [-0.05, 0) is 24.6 Å². The van der Waals surface area contributed by atoms with Crippen LogP contribution >= 0.6 is 10.7 Å². The van der Waals surface area contributed by atoms with Crippen molar-refractivity contribution >= 4 is 19.7 Å². The molecule has 0 radical (unpaired) electrons. The van der Waals surface area contributed by atoms with Crippen LogP contribution in [0.5, 0.6) is 0 Å². The lowest BCUT2D eigenvalue weighted by molar-refractivity contribution is 0.598. The molecule has 2 aromatic rings. The number of halogens is 1. The molecule has 0 aliphatic carbocycles. The lowest BCUT2D eigenvalue weighted by Crippen LogP contribution is -2.04. The van der Waals surface area contributed by atoms with Crippen LogP contribution in [-0.2, 0) is 22.5 Å². The Kier molecular flexibility index (Phi) is 3.50. The number of hydrogen-bond donors (Lipinski definition) is 0. The van der Waals surface area contributed by atoms with E-state index in [0.717, 1.165) is 11.3 Å². The Balaban J connectivity index is 2.31. The van der Waals surface area contributed by atoms with E-state index in [1.165, 1.54) is 11.6 Å². The number of nitrogens with zero attached hydrogens (tertiary/aromatic N) is 1. The van der Waals surface area contributed by atoms with Gasteiger partial charge in [-0.3, -0.25) is 0 Å².